The molecular weight excluding hydrogens is 304 g/mol. The number of rotatable bonds is 12. The van der Waals surface area contributed by atoms with Gasteiger partial charge in [0.05, 0.1) is 0 Å². The van der Waals surface area contributed by atoms with Crippen molar-refractivity contribution in [1.82, 2.24) is 0 Å². The van der Waals surface area contributed by atoms with Gasteiger partial charge in [0.15, 0.2) is 0 Å². The first-order valence-corrected chi connectivity index (χ1v) is 10.6. The van der Waals surface area contributed by atoms with Crippen molar-refractivity contribution >= 4 is 8.80 Å². The minimum absolute atomic E-state index is 0.145. The van der Waals surface area contributed by atoms with Crippen molar-refractivity contribution in [2.45, 2.75) is 59.5 Å². The first-order valence-electron chi connectivity index (χ1n) is 8.79. The third kappa shape index (κ3) is 7.93. The van der Waals surface area contributed by atoms with E-state index in [1.807, 2.05) is 32.5 Å². The number of allylic oxidation sites excluding steroid dienone is 1. The number of unbranched alkanes of at least 4 members (excludes halogenated alkanes) is 1. The highest BCUT2D eigenvalue weighted by molar-refractivity contribution is 6.66. The van der Waals surface area contributed by atoms with Gasteiger partial charge in [0.2, 0.25) is 0 Å². The molecule has 0 heterocycles. The molecular formula is C19H32O3Si. The zero-order chi connectivity index (χ0) is 17.0. The lowest BCUT2D eigenvalue weighted by Crippen LogP contribution is -2.46. The minimum atomic E-state index is -2.66. The minimum Gasteiger partial charge on any atom is -0.371 e. The average Bonchev–Trinajstić information content (AvgIpc) is 2.53. The SMILES string of the molecule is CC=C[Si](OCC)(OCC)OC(C)CCCCc1ccccc1. The molecule has 0 saturated carbocycles. The highest BCUT2D eigenvalue weighted by Gasteiger charge is 2.39. The van der Waals surface area contributed by atoms with Crippen molar-refractivity contribution in [2.75, 3.05) is 13.2 Å². The highest BCUT2D eigenvalue weighted by atomic mass is 28.4. The molecule has 1 atom stereocenters. The molecule has 0 aliphatic rings. The Kier molecular flexibility index (Phi) is 10.1. The number of benzene rings is 1. The van der Waals surface area contributed by atoms with E-state index in [-0.39, 0.29) is 6.10 Å². The van der Waals surface area contributed by atoms with Crippen LogP contribution in [0.4, 0.5) is 0 Å². The molecule has 3 nitrogen and oxygen atoms in total. The second-order valence-electron chi connectivity index (χ2n) is 5.63. The van der Waals surface area contributed by atoms with Crippen LogP contribution < -0.4 is 0 Å². The third-order valence-corrected chi connectivity index (χ3v) is 6.45. The monoisotopic (exact) mass is 336 g/mol. The van der Waals surface area contributed by atoms with Gasteiger partial charge in [-0.2, -0.15) is 0 Å². The number of hydrogen-bond donors (Lipinski definition) is 0. The molecule has 0 fully saturated rings. The van der Waals surface area contributed by atoms with Crippen LogP contribution in [-0.2, 0) is 19.7 Å². The predicted molar refractivity (Wildman–Crippen MR) is 98.4 cm³/mol. The van der Waals surface area contributed by atoms with E-state index in [0.717, 1.165) is 19.3 Å². The Balaban J connectivity index is 2.40. The van der Waals surface area contributed by atoms with Crippen LogP contribution in [0.3, 0.4) is 0 Å². The molecule has 0 aliphatic heterocycles. The average molecular weight is 337 g/mol. The van der Waals surface area contributed by atoms with Gasteiger partial charge < -0.3 is 13.3 Å². The van der Waals surface area contributed by atoms with E-state index >= 15 is 0 Å². The molecule has 4 heteroatoms. The molecule has 1 aromatic carbocycles. The maximum Gasteiger partial charge on any atom is 0.529 e. The van der Waals surface area contributed by atoms with Gasteiger partial charge in [0.25, 0.3) is 0 Å². The summed E-state index contributed by atoms with van der Waals surface area (Å²) in [7, 11) is -2.66. The molecule has 0 radical (unpaired) electrons. The summed E-state index contributed by atoms with van der Waals surface area (Å²) in [6.07, 6.45) is 6.60. The fraction of sp³-hybridized carbons (Fsp3) is 0.579. The second-order valence-corrected chi connectivity index (χ2v) is 7.98. The van der Waals surface area contributed by atoms with Crippen molar-refractivity contribution in [3.05, 3.63) is 47.7 Å². The van der Waals surface area contributed by atoms with Gasteiger partial charge in [-0.25, -0.2) is 0 Å². The molecule has 0 amide bonds. The van der Waals surface area contributed by atoms with Crippen molar-refractivity contribution in [1.29, 1.82) is 0 Å². The summed E-state index contributed by atoms with van der Waals surface area (Å²) in [4.78, 5) is 0. The molecule has 0 aliphatic carbocycles. The van der Waals surface area contributed by atoms with Crippen LogP contribution in [0.2, 0.25) is 0 Å². The Morgan fingerprint density at radius 2 is 1.70 bits per heavy atom. The summed E-state index contributed by atoms with van der Waals surface area (Å²) in [6, 6.07) is 10.6. The van der Waals surface area contributed by atoms with E-state index in [1.54, 1.807) is 0 Å². The van der Waals surface area contributed by atoms with Crippen LogP contribution in [0, 0.1) is 0 Å². The van der Waals surface area contributed by atoms with Crippen LogP contribution in [0.25, 0.3) is 0 Å². The van der Waals surface area contributed by atoms with E-state index < -0.39 is 8.80 Å². The standard InChI is InChI=1S/C19H32O3Si/c1-5-17-23(20-6-2,21-7-3)22-18(4)13-11-12-16-19-14-9-8-10-15-19/h5,8-10,14-15,17-18H,6-7,11-13,16H2,1-4H3. The fourth-order valence-electron chi connectivity index (χ4n) is 2.60. The second kappa shape index (κ2) is 11.6. The smallest absolute Gasteiger partial charge is 0.371 e. The van der Waals surface area contributed by atoms with Gasteiger partial charge >= 0.3 is 8.80 Å². The molecule has 23 heavy (non-hydrogen) atoms. The fourth-order valence-corrected chi connectivity index (χ4v) is 4.98. The lowest BCUT2D eigenvalue weighted by atomic mass is 10.1. The normalized spacial score (nSPS) is 13.6. The first kappa shape index (κ1) is 20.1. The van der Waals surface area contributed by atoms with Crippen LogP contribution in [0.5, 0.6) is 0 Å². The summed E-state index contributed by atoms with van der Waals surface area (Å²) >= 11 is 0. The maximum absolute atomic E-state index is 6.22. The summed E-state index contributed by atoms with van der Waals surface area (Å²) in [5.41, 5.74) is 3.39. The van der Waals surface area contributed by atoms with E-state index in [1.165, 1.54) is 12.0 Å². The van der Waals surface area contributed by atoms with Crippen LogP contribution >= 0.6 is 0 Å². The highest BCUT2D eigenvalue weighted by Crippen LogP contribution is 2.18. The molecule has 0 saturated heterocycles. The van der Waals surface area contributed by atoms with E-state index in [9.17, 15) is 0 Å². The van der Waals surface area contributed by atoms with Crippen molar-refractivity contribution in [2.24, 2.45) is 0 Å². The van der Waals surface area contributed by atoms with Crippen LogP contribution in [-0.4, -0.2) is 28.1 Å². The van der Waals surface area contributed by atoms with Crippen LogP contribution in [0.15, 0.2) is 42.1 Å². The Bertz CT molecular complexity index is 428. The zero-order valence-corrected chi connectivity index (χ0v) is 16.1. The lowest BCUT2D eigenvalue weighted by molar-refractivity contribution is 0.0460. The summed E-state index contributed by atoms with van der Waals surface area (Å²) in [5.74, 6) is 0. The molecule has 1 unspecified atom stereocenters. The van der Waals surface area contributed by atoms with Crippen molar-refractivity contribution < 1.29 is 13.3 Å². The van der Waals surface area contributed by atoms with Gasteiger partial charge in [-0.1, -0.05) is 42.8 Å². The van der Waals surface area contributed by atoms with E-state index in [2.05, 4.69) is 37.3 Å². The quantitative estimate of drug-likeness (QED) is 0.400. The molecule has 0 spiro atoms. The van der Waals surface area contributed by atoms with E-state index in [0.29, 0.717) is 13.2 Å². The van der Waals surface area contributed by atoms with Gasteiger partial charge in [0, 0.05) is 19.3 Å². The first-order chi connectivity index (χ1) is 11.2. The zero-order valence-electron chi connectivity index (χ0n) is 15.1. The molecule has 130 valence electrons. The lowest BCUT2D eigenvalue weighted by Gasteiger charge is -2.29. The van der Waals surface area contributed by atoms with Crippen molar-refractivity contribution in [3.63, 3.8) is 0 Å². The van der Waals surface area contributed by atoms with Gasteiger partial charge in [-0.3, -0.25) is 0 Å². The summed E-state index contributed by atoms with van der Waals surface area (Å²) < 4.78 is 17.9. The molecule has 0 aromatic heterocycles. The van der Waals surface area contributed by atoms with Gasteiger partial charge in [-0.15, -0.1) is 0 Å². The number of aryl methyl sites for hydroxylation is 1. The van der Waals surface area contributed by atoms with Gasteiger partial charge in [0.1, 0.15) is 0 Å². The van der Waals surface area contributed by atoms with Crippen molar-refractivity contribution in [3.8, 4) is 0 Å². The van der Waals surface area contributed by atoms with Crippen LogP contribution in [0.1, 0.15) is 52.5 Å². The molecule has 0 bridgehead atoms. The Morgan fingerprint density at radius 3 is 2.26 bits per heavy atom. The Hall–Kier alpha value is -0.943. The Morgan fingerprint density at radius 1 is 1.04 bits per heavy atom. The topological polar surface area (TPSA) is 27.7 Å². The maximum atomic E-state index is 6.22. The number of hydrogen-bond acceptors (Lipinski definition) is 3. The molecule has 0 N–H and O–H groups in total. The third-order valence-electron chi connectivity index (χ3n) is 3.60. The van der Waals surface area contributed by atoms with E-state index in [4.69, 9.17) is 13.3 Å². The molecule has 1 rings (SSSR count). The largest absolute Gasteiger partial charge is 0.529 e. The predicted octanol–water partition coefficient (Wildman–Crippen LogP) is 4.93. The summed E-state index contributed by atoms with van der Waals surface area (Å²) in [6.45, 7) is 9.28. The molecule has 1 aromatic rings. The Labute approximate surface area is 143 Å². The van der Waals surface area contributed by atoms with Gasteiger partial charge in [-0.05, 0) is 58.2 Å². The summed E-state index contributed by atoms with van der Waals surface area (Å²) in [5, 5.41) is 0.